The number of fused-ring (bicyclic) bond motifs is 3. The van der Waals surface area contributed by atoms with Gasteiger partial charge in [0.2, 0.25) is 0 Å². The van der Waals surface area contributed by atoms with Crippen molar-refractivity contribution >= 4 is 16.9 Å². The van der Waals surface area contributed by atoms with Crippen molar-refractivity contribution in [3.05, 3.63) is 70.4 Å². The molecule has 1 aliphatic carbocycles. The van der Waals surface area contributed by atoms with E-state index in [4.69, 9.17) is 4.74 Å². The van der Waals surface area contributed by atoms with E-state index in [2.05, 4.69) is 29.7 Å². The van der Waals surface area contributed by atoms with Crippen LogP contribution in [0.25, 0.3) is 10.9 Å². The summed E-state index contributed by atoms with van der Waals surface area (Å²) in [4.78, 5) is 12.6. The van der Waals surface area contributed by atoms with Gasteiger partial charge in [-0.25, -0.2) is 4.79 Å². The van der Waals surface area contributed by atoms with Crippen molar-refractivity contribution in [3.63, 3.8) is 0 Å². The maximum Gasteiger partial charge on any atom is 0.340 e. The molecule has 4 heteroatoms. The predicted molar refractivity (Wildman–Crippen MR) is 114 cm³/mol. The third-order valence-corrected chi connectivity index (χ3v) is 6.04. The second kappa shape index (κ2) is 8.13. The maximum absolute atomic E-state index is 12.6. The molecule has 1 aliphatic rings. The molecule has 0 N–H and O–H groups in total. The highest BCUT2D eigenvalue weighted by Gasteiger charge is 2.29. The number of rotatable bonds is 5. The van der Waals surface area contributed by atoms with Crippen LogP contribution in [0.1, 0.15) is 71.3 Å². The van der Waals surface area contributed by atoms with Crippen LogP contribution in [0.2, 0.25) is 0 Å². The number of hydrogen-bond donors (Lipinski definition) is 0. The van der Waals surface area contributed by atoms with Gasteiger partial charge in [0.05, 0.1) is 29.8 Å². The van der Waals surface area contributed by atoms with Crippen LogP contribution in [0.4, 0.5) is 0 Å². The Labute approximate surface area is 171 Å². The number of carbonyl (C=O) groups excluding carboxylic acids is 1. The Hall–Kier alpha value is -3.06. The summed E-state index contributed by atoms with van der Waals surface area (Å²) < 4.78 is 7.42. The number of ether oxygens (including phenoxy) is 1. The van der Waals surface area contributed by atoms with Gasteiger partial charge in [-0.2, -0.15) is 5.26 Å². The molecular weight excluding hydrogens is 360 g/mol. The molecule has 0 saturated carbocycles. The summed E-state index contributed by atoms with van der Waals surface area (Å²) in [5.41, 5.74) is 6.06. The third kappa shape index (κ3) is 3.42. The molecule has 1 unspecified atom stereocenters. The molecule has 3 aromatic rings. The minimum atomic E-state index is -0.301. The first-order chi connectivity index (χ1) is 14.2. The van der Waals surface area contributed by atoms with E-state index in [-0.39, 0.29) is 5.97 Å². The first-order valence-corrected chi connectivity index (χ1v) is 10.4. The number of hydrogen-bond acceptors (Lipinski definition) is 3. The average molecular weight is 386 g/mol. The standard InChI is InChI=1S/C25H26N2O2/c1-3-7-19-10-5-11-20-21-12-6-13-22(25(28)29-2)24(21)27(23(19)20)16-18-9-4-8-17(14-18)15-26/h4,6,8-9,12-14,19H,3,5,7,10-11,16H2,1-2H3. The zero-order chi connectivity index (χ0) is 20.4. The van der Waals surface area contributed by atoms with Crippen LogP contribution >= 0.6 is 0 Å². The Kier molecular flexibility index (Phi) is 5.40. The summed E-state index contributed by atoms with van der Waals surface area (Å²) in [7, 11) is 1.44. The molecule has 0 amide bonds. The minimum Gasteiger partial charge on any atom is -0.465 e. The van der Waals surface area contributed by atoms with Gasteiger partial charge in [-0.1, -0.05) is 37.6 Å². The van der Waals surface area contributed by atoms with Crippen LogP contribution in [0.3, 0.4) is 0 Å². The molecule has 0 fully saturated rings. The van der Waals surface area contributed by atoms with E-state index in [0.717, 1.165) is 30.3 Å². The van der Waals surface area contributed by atoms with E-state index in [1.54, 1.807) is 0 Å². The molecule has 0 spiro atoms. The molecule has 0 radical (unpaired) electrons. The molecule has 4 rings (SSSR count). The molecule has 1 heterocycles. The zero-order valence-electron chi connectivity index (χ0n) is 17.1. The molecule has 4 nitrogen and oxygen atoms in total. The highest BCUT2D eigenvalue weighted by molar-refractivity contribution is 6.04. The molecule has 1 aromatic heterocycles. The van der Waals surface area contributed by atoms with Crippen LogP contribution in [-0.4, -0.2) is 17.6 Å². The Bertz CT molecular complexity index is 1100. The normalized spacial score (nSPS) is 15.7. The van der Waals surface area contributed by atoms with Gasteiger partial charge in [0, 0.05) is 17.6 Å². The summed E-state index contributed by atoms with van der Waals surface area (Å²) >= 11 is 0. The smallest absolute Gasteiger partial charge is 0.340 e. The van der Waals surface area contributed by atoms with E-state index in [9.17, 15) is 10.1 Å². The summed E-state index contributed by atoms with van der Waals surface area (Å²) in [5, 5.41) is 10.5. The van der Waals surface area contributed by atoms with Gasteiger partial charge in [-0.15, -0.1) is 0 Å². The van der Waals surface area contributed by atoms with Gasteiger partial charge in [0.25, 0.3) is 0 Å². The molecule has 2 aromatic carbocycles. The van der Waals surface area contributed by atoms with Crippen molar-refractivity contribution < 1.29 is 9.53 Å². The molecule has 0 saturated heterocycles. The molecular formula is C25H26N2O2. The number of esters is 1. The fraction of sp³-hybridized carbons (Fsp3) is 0.360. The third-order valence-electron chi connectivity index (χ3n) is 6.04. The van der Waals surface area contributed by atoms with E-state index < -0.39 is 0 Å². The molecule has 29 heavy (non-hydrogen) atoms. The van der Waals surface area contributed by atoms with Gasteiger partial charge < -0.3 is 9.30 Å². The largest absolute Gasteiger partial charge is 0.465 e. The minimum absolute atomic E-state index is 0.301. The van der Waals surface area contributed by atoms with Crippen LogP contribution < -0.4 is 0 Å². The van der Waals surface area contributed by atoms with Gasteiger partial charge in [0.15, 0.2) is 0 Å². The number of carbonyl (C=O) groups is 1. The molecule has 148 valence electrons. The molecule has 1 atom stereocenters. The summed E-state index contributed by atoms with van der Waals surface area (Å²) in [6, 6.07) is 15.9. The lowest BCUT2D eigenvalue weighted by Crippen LogP contribution is -2.15. The maximum atomic E-state index is 12.6. The van der Waals surface area contributed by atoms with Gasteiger partial charge in [0.1, 0.15) is 0 Å². The number of aryl methyl sites for hydroxylation is 1. The van der Waals surface area contributed by atoms with Crippen molar-refractivity contribution in [1.82, 2.24) is 4.57 Å². The zero-order valence-corrected chi connectivity index (χ0v) is 17.1. The van der Waals surface area contributed by atoms with Crippen molar-refractivity contribution in [2.45, 2.75) is 51.5 Å². The fourth-order valence-electron chi connectivity index (χ4n) is 4.88. The number of nitriles is 1. The van der Waals surface area contributed by atoms with E-state index in [0.29, 0.717) is 23.6 Å². The second-order valence-electron chi connectivity index (χ2n) is 7.83. The lowest BCUT2D eigenvalue weighted by molar-refractivity contribution is 0.0602. The van der Waals surface area contributed by atoms with Crippen LogP contribution in [0.15, 0.2) is 42.5 Å². The van der Waals surface area contributed by atoms with Crippen molar-refractivity contribution in [2.75, 3.05) is 7.11 Å². The number of aromatic nitrogens is 1. The summed E-state index contributed by atoms with van der Waals surface area (Å²) in [6.07, 6.45) is 5.70. The predicted octanol–water partition coefficient (Wildman–Crippen LogP) is 5.57. The summed E-state index contributed by atoms with van der Waals surface area (Å²) in [5.74, 6) is 0.199. The van der Waals surface area contributed by atoms with Crippen molar-refractivity contribution in [2.24, 2.45) is 0 Å². The van der Waals surface area contributed by atoms with Crippen LogP contribution in [0.5, 0.6) is 0 Å². The first kappa shape index (κ1) is 19.3. The number of nitrogens with zero attached hydrogens (tertiary/aromatic N) is 2. The monoisotopic (exact) mass is 386 g/mol. The fourth-order valence-corrected chi connectivity index (χ4v) is 4.88. The van der Waals surface area contributed by atoms with Crippen LogP contribution in [-0.2, 0) is 17.7 Å². The van der Waals surface area contributed by atoms with Crippen molar-refractivity contribution in [1.29, 1.82) is 5.26 Å². The Balaban J connectivity index is 1.97. The Morgan fingerprint density at radius 2 is 2.10 bits per heavy atom. The first-order valence-electron chi connectivity index (χ1n) is 10.4. The average Bonchev–Trinajstić information content (AvgIpc) is 3.08. The van der Waals surface area contributed by atoms with Crippen LogP contribution in [0, 0.1) is 11.3 Å². The van der Waals surface area contributed by atoms with E-state index >= 15 is 0 Å². The SMILES string of the molecule is CCCC1CCCc2c1n(Cc1cccc(C#N)c1)c1c(C(=O)OC)cccc21. The highest BCUT2D eigenvalue weighted by atomic mass is 16.5. The van der Waals surface area contributed by atoms with Crippen molar-refractivity contribution in [3.8, 4) is 6.07 Å². The lowest BCUT2D eigenvalue weighted by Gasteiger charge is -2.26. The number of benzene rings is 2. The Morgan fingerprint density at radius 3 is 2.86 bits per heavy atom. The number of methoxy groups -OCH3 is 1. The van der Waals surface area contributed by atoms with Gasteiger partial charge in [-0.3, -0.25) is 0 Å². The summed E-state index contributed by atoms with van der Waals surface area (Å²) in [6.45, 7) is 2.88. The Morgan fingerprint density at radius 1 is 1.28 bits per heavy atom. The van der Waals surface area contributed by atoms with Gasteiger partial charge >= 0.3 is 5.97 Å². The van der Waals surface area contributed by atoms with E-state index in [1.165, 1.54) is 36.6 Å². The number of para-hydroxylation sites is 1. The second-order valence-corrected chi connectivity index (χ2v) is 7.83. The topological polar surface area (TPSA) is 55.0 Å². The van der Waals surface area contributed by atoms with Gasteiger partial charge in [-0.05, 0) is 60.9 Å². The molecule has 0 aliphatic heterocycles. The van der Waals surface area contributed by atoms with E-state index in [1.807, 2.05) is 30.3 Å². The lowest BCUT2D eigenvalue weighted by atomic mass is 9.84. The highest BCUT2D eigenvalue weighted by Crippen LogP contribution is 2.42. The quantitative estimate of drug-likeness (QED) is 0.539. The molecule has 0 bridgehead atoms.